The van der Waals surface area contributed by atoms with Gasteiger partial charge in [-0.2, -0.15) is 0 Å². The number of anilines is 1. The molecule has 1 aromatic carbocycles. The molecule has 116 valence electrons. The number of rotatable bonds is 6. The molecule has 0 atom stereocenters. The molecule has 3 N–H and O–H groups in total. The van der Waals surface area contributed by atoms with Gasteiger partial charge in [-0.3, -0.25) is 14.5 Å². The molecule has 8 heteroatoms. The minimum atomic E-state index is -1.13. The number of benzene rings is 1. The van der Waals surface area contributed by atoms with Gasteiger partial charge in [0.15, 0.2) is 0 Å². The molecule has 0 aromatic heterocycles. The summed E-state index contributed by atoms with van der Waals surface area (Å²) >= 11 is 0. The number of carboxylic acids is 1. The highest BCUT2D eigenvalue weighted by Gasteiger charge is 2.31. The van der Waals surface area contributed by atoms with E-state index in [1.54, 1.807) is 0 Å². The van der Waals surface area contributed by atoms with Gasteiger partial charge in [-0.15, -0.1) is 0 Å². The number of β-amino-alcohol motifs (C(OH)–C–C–N with tert-alkyl or cyclic N) is 1. The average Bonchev–Trinajstić information content (AvgIpc) is 2.75. The van der Waals surface area contributed by atoms with Crippen LogP contribution in [0.25, 0.3) is 0 Å². The summed E-state index contributed by atoms with van der Waals surface area (Å²) in [6.45, 7) is -0.442. The lowest BCUT2D eigenvalue weighted by Crippen LogP contribution is -2.34. The van der Waals surface area contributed by atoms with Crippen LogP contribution < -0.4 is 10.1 Å². The SMILES string of the molecule is COc1ccc(C(=O)O)cc1NC1=CC(=O)N(CCO)C1=O. The average molecular weight is 306 g/mol. The van der Waals surface area contributed by atoms with Gasteiger partial charge in [0.05, 0.1) is 31.5 Å². The smallest absolute Gasteiger partial charge is 0.335 e. The molecule has 22 heavy (non-hydrogen) atoms. The molecule has 8 nitrogen and oxygen atoms in total. The van der Waals surface area contributed by atoms with Crippen LogP contribution in [0.3, 0.4) is 0 Å². The van der Waals surface area contributed by atoms with Crippen LogP contribution in [0.4, 0.5) is 5.69 Å². The van der Waals surface area contributed by atoms with Crippen molar-refractivity contribution in [1.29, 1.82) is 0 Å². The fourth-order valence-corrected chi connectivity index (χ4v) is 1.99. The van der Waals surface area contributed by atoms with Crippen molar-refractivity contribution in [3.8, 4) is 5.75 Å². The second-order valence-corrected chi connectivity index (χ2v) is 4.42. The number of carbonyl (C=O) groups excluding carboxylic acids is 2. The van der Waals surface area contributed by atoms with Crippen LogP contribution in [-0.2, 0) is 9.59 Å². The highest BCUT2D eigenvalue weighted by molar-refractivity contribution is 6.17. The Morgan fingerprint density at radius 2 is 2.09 bits per heavy atom. The molecule has 0 aliphatic carbocycles. The highest BCUT2D eigenvalue weighted by atomic mass is 16.5. The van der Waals surface area contributed by atoms with Crippen molar-refractivity contribution >= 4 is 23.5 Å². The summed E-state index contributed by atoms with van der Waals surface area (Å²) in [5, 5.41) is 20.5. The Kier molecular flexibility index (Phi) is 4.42. The second kappa shape index (κ2) is 6.27. The molecule has 2 rings (SSSR count). The summed E-state index contributed by atoms with van der Waals surface area (Å²) in [6.07, 6.45) is 1.09. The number of methoxy groups -OCH3 is 1. The fourth-order valence-electron chi connectivity index (χ4n) is 1.99. The molecule has 2 amide bonds. The predicted molar refractivity (Wildman–Crippen MR) is 75.5 cm³/mol. The number of nitrogens with one attached hydrogen (secondary N) is 1. The third-order valence-corrected chi connectivity index (χ3v) is 3.05. The van der Waals surface area contributed by atoms with Crippen molar-refractivity contribution < 1.29 is 29.3 Å². The van der Waals surface area contributed by atoms with Gasteiger partial charge in [-0.05, 0) is 18.2 Å². The molecule has 1 aliphatic rings. The fraction of sp³-hybridized carbons (Fsp3) is 0.214. The Morgan fingerprint density at radius 3 is 2.68 bits per heavy atom. The summed E-state index contributed by atoms with van der Waals surface area (Å²) in [5.41, 5.74) is 0.243. The largest absolute Gasteiger partial charge is 0.495 e. The van der Waals surface area contributed by atoms with Crippen LogP contribution >= 0.6 is 0 Å². The zero-order valence-electron chi connectivity index (χ0n) is 11.7. The van der Waals surface area contributed by atoms with Gasteiger partial charge < -0.3 is 20.3 Å². The van der Waals surface area contributed by atoms with Crippen molar-refractivity contribution in [1.82, 2.24) is 4.90 Å². The van der Waals surface area contributed by atoms with Crippen molar-refractivity contribution in [2.24, 2.45) is 0 Å². The first-order valence-corrected chi connectivity index (χ1v) is 6.34. The summed E-state index contributed by atoms with van der Waals surface area (Å²) < 4.78 is 5.09. The number of hydrogen-bond donors (Lipinski definition) is 3. The molecule has 0 bridgehead atoms. The normalized spacial score (nSPS) is 14.1. The van der Waals surface area contributed by atoms with Gasteiger partial charge >= 0.3 is 5.97 Å². The maximum atomic E-state index is 12.0. The maximum absolute atomic E-state index is 12.0. The number of carbonyl (C=O) groups is 3. The molecule has 0 radical (unpaired) electrons. The van der Waals surface area contributed by atoms with Crippen LogP contribution in [0.1, 0.15) is 10.4 Å². The van der Waals surface area contributed by atoms with Crippen molar-refractivity contribution in [2.75, 3.05) is 25.6 Å². The van der Waals surface area contributed by atoms with Crippen LogP contribution in [0.2, 0.25) is 0 Å². The second-order valence-electron chi connectivity index (χ2n) is 4.42. The van der Waals surface area contributed by atoms with Crippen LogP contribution in [0.5, 0.6) is 5.75 Å². The van der Waals surface area contributed by atoms with E-state index >= 15 is 0 Å². The Bertz CT molecular complexity index is 667. The number of nitrogens with zero attached hydrogens (tertiary/aromatic N) is 1. The molecule has 0 fully saturated rings. The monoisotopic (exact) mass is 306 g/mol. The highest BCUT2D eigenvalue weighted by Crippen LogP contribution is 2.28. The number of imide groups is 1. The van der Waals surface area contributed by atoms with E-state index in [-0.39, 0.29) is 30.1 Å². The zero-order chi connectivity index (χ0) is 16.3. The third-order valence-electron chi connectivity index (χ3n) is 3.05. The standard InChI is InChI=1S/C14H14N2O6/c1-22-11-3-2-8(14(20)21)6-9(11)15-10-7-12(18)16(4-5-17)13(10)19/h2-3,6-7,15,17H,4-5H2,1H3,(H,20,21). The van der Waals surface area contributed by atoms with Crippen molar-refractivity contribution in [3.05, 3.63) is 35.5 Å². The third kappa shape index (κ3) is 2.91. The topological polar surface area (TPSA) is 116 Å². The van der Waals surface area contributed by atoms with E-state index in [4.69, 9.17) is 14.9 Å². The van der Waals surface area contributed by atoms with E-state index in [1.807, 2.05) is 0 Å². The Labute approximate surface area is 125 Å². The summed E-state index contributed by atoms with van der Waals surface area (Å²) in [7, 11) is 1.40. The first-order valence-electron chi connectivity index (χ1n) is 6.34. The molecule has 1 aliphatic heterocycles. The number of aromatic carboxylic acids is 1. The summed E-state index contributed by atoms with van der Waals surface area (Å²) in [6, 6.07) is 4.11. The quantitative estimate of drug-likeness (QED) is 0.636. The van der Waals surface area contributed by atoms with E-state index in [1.165, 1.54) is 25.3 Å². The first kappa shape index (κ1) is 15.5. The Balaban J connectivity index is 2.29. The Morgan fingerprint density at radius 1 is 1.36 bits per heavy atom. The number of ether oxygens (including phenoxy) is 1. The Hall–Kier alpha value is -2.87. The molecular formula is C14H14N2O6. The molecule has 1 aromatic rings. The van der Waals surface area contributed by atoms with Gasteiger partial charge in [0, 0.05) is 6.08 Å². The lowest BCUT2D eigenvalue weighted by Gasteiger charge is -2.15. The number of hydrogen-bond acceptors (Lipinski definition) is 6. The van der Waals surface area contributed by atoms with Crippen LogP contribution in [-0.4, -0.2) is 53.2 Å². The van der Waals surface area contributed by atoms with E-state index in [0.717, 1.165) is 11.0 Å². The van der Waals surface area contributed by atoms with E-state index in [9.17, 15) is 14.4 Å². The van der Waals surface area contributed by atoms with E-state index < -0.39 is 17.8 Å². The number of amides is 2. The molecule has 0 spiro atoms. The molecule has 1 heterocycles. The minimum Gasteiger partial charge on any atom is -0.495 e. The van der Waals surface area contributed by atoms with Crippen molar-refractivity contribution in [3.63, 3.8) is 0 Å². The minimum absolute atomic E-state index is 0.00730. The molecular weight excluding hydrogens is 292 g/mol. The zero-order valence-corrected chi connectivity index (χ0v) is 11.7. The number of aliphatic hydroxyl groups excluding tert-OH is 1. The maximum Gasteiger partial charge on any atom is 0.335 e. The van der Waals surface area contributed by atoms with Crippen LogP contribution in [0, 0.1) is 0 Å². The van der Waals surface area contributed by atoms with Gasteiger partial charge in [0.1, 0.15) is 11.4 Å². The molecule has 0 saturated carbocycles. The van der Waals surface area contributed by atoms with E-state index in [2.05, 4.69) is 5.32 Å². The van der Waals surface area contributed by atoms with Crippen molar-refractivity contribution in [2.45, 2.75) is 0 Å². The van der Waals surface area contributed by atoms with E-state index in [0.29, 0.717) is 5.75 Å². The summed E-state index contributed by atoms with van der Waals surface area (Å²) in [4.78, 5) is 35.6. The van der Waals surface area contributed by atoms with Gasteiger partial charge in [-0.1, -0.05) is 0 Å². The number of carboxylic acid groups (broad SMARTS) is 1. The summed E-state index contributed by atoms with van der Waals surface area (Å²) in [5.74, 6) is -1.95. The lowest BCUT2D eigenvalue weighted by molar-refractivity contribution is -0.137. The lowest BCUT2D eigenvalue weighted by atomic mass is 10.2. The van der Waals surface area contributed by atoms with Gasteiger partial charge in [-0.25, -0.2) is 4.79 Å². The molecule has 0 unspecified atom stereocenters. The predicted octanol–water partition coefficient (Wildman–Crippen LogP) is 0.0503. The number of aliphatic hydroxyl groups is 1. The van der Waals surface area contributed by atoms with Crippen LogP contribution in [0.15, 0.2) is 30.0 Å². The molecule has 0 saturated heterocycles. The van der Waals surface area contributed by atoms with Gasteiger partial charge in [0.2, 0.25) is 0 Å². The van der Waals surface area contributed by atoms with Gasteiger partial charge in [0.25, 0.3) is 11.8 Å². The first-order chi connectivity index (χ1) is 10.5.